The zero-order valence-electron chi connectivity index (χ0n) is 15.0. The van der Waals surface area contributed by atoms with Crippen LogP contribution in [0, 0.1) is 12.3 Å². The number of carbonyl (C=O) groups is 2. The van der Waals surface area contributed by atoms with E-state index in [0.29, 0.717) is 13.1 Å². The van der Waals surface area contributed by atoms with Crippen LogP contribution >= 0.6 is 11.3 Å². The summed E-state index contributed by atoms with van der Waals surface area (Å²) in [6, 6.07) is 9.93. The Morgan fingerprint density at radius 3 is 2.50 bits per heavy atom. The van der Waals surface area contributed by atoms with Gasteiger partial charge in [-0.3, -0.25) is 9.59 Å². The molecule has 4 rings (SSSR count). The van der Waals surface area contributed by atoms with Gasteiger partial charge in [0.25, 0.3) is 5.91 Å². The number of anilines is 1. The number of rotatable bonds is 2. The van der Waals surface area contributed by atoms with Gasteiger partial charge in [0.05, 0.1) is 16.6 Å². The van der Waals surface area contributed by atoms with Crippen molar-refractivity contribution in [1.29, 1.82) is 0 Å². The molecule has 2 aliphatic heterocycles. The number of hydrogen-bond donors (Lipinski definition) is 0. The number of piperidine rings is 2. The Hall–Kier alpha value is -2.21. The highest BCUT2D eigenvalue weighted by Crippen LogP contribution is 2.42. The van der Waals surface area contributed by atoms with E-state index >= 15 is 0 Å². The SMILES string of the molecule is Cc1ncsc1C(=O)N1CCC2(CCCN(c3ccccc3)C2=O)CC1. The molecule has 1 spiro atoms. The molecule has 2 amide bonds. The van der Waals surface area contributed by atoms with Gasteiger partial charge in [-0.05, 0) is 44.7 Å². The predicted molar refractivity (Wildman–Crippen MR) is 102 cm³/mol. The van der Waals surface area contributed by atoms with Crippen molar-refractivity contribution in [3.8, 4) is 0 Å². The molecule has 0 unspecified atom stereocenters. The summed E-state index contributed by atoms with van der Waals surface area (Å²) in [6.07, 6.45) is 3.44. The fourth-order valence-corrected chi connectivity index (χ4v) is 4.95. The van der Waals surface area contributed by atoms with Gasteiger partial charge in [-0.15, -0.1) is 11.3 Å². The van der Waals surface area contributed by atoms with Gasteiger partial charge in [0, 0.05) is 25.3 Å². The van der Waals surface area contributed by atoms with Crippen molar-refractivity contribution in [2.45, 2.75) is 32.6 Å². The molecule has 0 bridgehead atoms. The third kappa shape index (κ3) is 2.92. The maximum absolute atomic E-state index is 13.3. The van der Waals surface area contributed by atoms with Crippen LogP contribution in [0.5, 0.6) is 0 Å². The Morgan fingerprint density at radius 2 is 1.85 bits per heavy atom. The zero-order chi connectivity index (χ0) is 18.1. The summed E-state index contributed by atoms with van der Waals surface area (Å²) in [5, 5.41) is 0. The monoisotopic (exact) mass is 369 g/mol. The Bertz CT molecular complexity index is 809. The van der Waals surface area contributed by atoms with Gasteiger partial charge in [0.2, 0.25) is 5.91 Å². The van der Waals surface area contributed by atoms with Crippen molar-refractivity contribution in [3.05, 3.63) is 46.4 Å². The largest absolute Gasteiger partial charge is 0.338 e. The molecule has 0 radical (unpaired) electrons. The molecule has 0 N–H and O–H groups in total. The van der Waals surface area contributed by atoms with E-state index in [9.17, 15) is 9.59 Å². The highest BCUT2D eigenvalue weighted by atomic mass is 32.1. The maximum atomic E-state index is 13.3. The van der Waals surface area contributed by atoms with Crippen LogP contribution in [-0.2, 0) is 4.79 Å². The topological polar surface area (TPSA) is 53.5 Å². The highest BCUT2D eigenvalue weighted by Gasteiger charge is 2.46. The first kappa shape index (κ1) is 17.2. The van der Waals surface area contributed by atoms with Gasteiger partial charge in [-0.2, -0.15) is 0 Å². The highest BCUT2D eigenvalue weighted by molar-refractivity contribution is 7.11. The molecule has 0 aliphatic carbocycles. The molecular formula is C20H23N3O2S. The Morgan fingerprint density at radius 1 is 1.12 bits per heavy atom. The minimum atomic E-state index is -0.312. The van der Waals surface area contributed by atoms with Crippen molar-refractivity contribution in [3.63, 3.8) is 0 Å². The normalized spacial score (nSPS) is 19.8. The molecule has 2 aliphatic rings. The van der Waals surface area contributed by atoms with Crippen LogP contribution in [-0.4, -0.2) is 41.3 Å². The molecular weight excluding hydrogens is 346 g/mol. The lowest BCUT2D eigenvalue weighted by Gasteiger charge is -2.46. The third-order valence-electron chi connectivity index (χ3n) is 5.75. The number of thiazole rings is 1. The summed E-state index contributed by atoms with van der Waals surface area (Å²) in [5.41, 5.74) is 3.18. The molecule has 2 fully saturated rings. The van der Waals surface area contributed by atoms with Crippen LogP contribution < -0.4 is 4.90 Å². The van der Waals surface area contributed by atoms with Crippen molar-refractivity contribution >= 4 is 28.8 Å². The average molecular weight is 369 g/mol. The van der Waals surface area contributed by atoms with Crippen molar-refractivity contribution in [1.82, 2.24) is 9.88 Å². The number of aryl methyl sites for hydroxylation is 1. The summed E-state index contributed by atoms with van der Waals surface area (Å²) in [7, 11) is 0. The molecule has 0 saturated carbocycles. The van der Waals surface area contributed by atoms with Gasteiger partial charge < -0.3 is 9.80 Å². The van der Waals surface area contributed by atoms with E-state index in [1.54, 1.807) is 5.51 Å². The van der Waals surface area contributed by atoms with Crippen LogP contribution in [0.2, 0.25) is 0 Å². The summed E-state index contributed by atoms with van der Waals surface area (Å²) in [4.78, 5) is 34.7. The van der Waals surface area contributed by atoms with E-state index < -0.39 is 0 Å². The van der Waals surface area contributed by atoms with E-state index in [4.69, 9.17) is 0 Å². The Balaban J connectivity index is 1.48. The van der Waals surface area contributed by atoms with Gasteiger partial charge in [-0.1, -0.05) is 18.2 Å². The standard InChI is InChI=1S/C20H23N3O2S/c1-15-17(26-14-21-15)18(24)22-12-9-20(10-13-22)8-5-11-23(19(20)25)16-6-3-2-4-7-16/h2-4,6-7,14H,5,8-13H2,1H3. The number of carbonyl (C=O) groups excluding carboxylic acids is 2. The number of para-hydroxylation sites is 1. The minimum Gasteiger partial charge on any atom is -0.338 e. The van der Waals surface area contributed by atoms with Gasteiger partial charge in [0.15, 0.2) is 0 Å². The number of hydrogen-bond acceptors (Lipinski definition) is 4. The maximum Gasteiger partial charge on any atom is 0.265 e. The second-order valence-corrected chi connectivity index (χ2v) is 8.09. The molecule has 3 heterocycles. The first-order valence-electron chi connectivity index (χ1n) is 9.17. The van der Waals surface area contributed by atoms with Gasteiger partial charge >= 0.3 is 0 Å². The molecule has 136 valence electrons. The van der Waals surface area contributed by atoms with E-state index in [1.165, 1.54) is 11.3 Å². The number of nitrogens with zero attached hydrogens (tertiary/aromatic N) is 3. The van der Waals surface area contributed by atoms with Gasteiger partial charge in [0.1, 0.15) is 4.88 Å². The minimum absolute atomic E-state index is 0.0584. The van der Waals surface area contributed by atoms with Crippen LogP contribution in [0.15, 0.2) is 35.8 Å². The molecule has 6 heteroatoms. The number of benzene rings is 1. The van der Waals surface area contributed by atoms with E-state index in [0.717, 1.165) is 48.5 Å². The van der Waals surface area contributed by atoms with Crippen molar-refractivity contribution in [2.24, 2.45) is 5.41 Å². The van der Waals surface area contributed by atoms with Gasteiger partial charge in [-0.25, -0.2) is 4.98 Å². The lowest BCUT2D eigenvalue weighted by atomic mass is 9.71. The molecule has 1 aromatic carbocycles. The fourth-order valence-electron chi connectivity index (χ4n) is 4.18. The zero-order valence-corrected chi connectivity index (χ0v) is 15.8. The Kier molecular flexibility index (Phi) is 4.53. The molecule has 1 aromatic heterocycles. The summed E-state index contributed by atoms with van der Waals surface area (Å²) in [6.45, 7) is 3.94. The lowest BCUT2D eigenvalue weighted by molar-refractivity contribution is -0.133. The van der Waals surface area contributed by atoms with Crippen LogP contribution in [0.1, 0.15) is 41.0 Å². The second-order valence-electron chi connectivity index (χ2n) is 7.24. The van der Waals surface area contributed by atoms with Crippen LogP contribution in [0.25, 0.3) is 0 Å². The molecule has 26 heavy (non-hydrogen) atoms. The Labute approximate surface area is 157 Å². The number of amides is 2. The molecule has 5 nitrogen and oxygen atoms in total. The summed E-state index contributed by atoms with van der Waals surface area (Å²) >= 11 is 1.40. The lowest BCUT2D eigenvalue weighted by Crippen LogP contribution is -2.54. The fraction of sp³-hybridized carbons (Fsp3) is 0.450. The quantitative estimate of drug-likeness (QED) is 0.814. The van der Waals surface area contributed by atoms with Crippen LogP contribution in [0.3, 0.4) is 0 Å². The third-order valence-corrected chi connectivity index (χ3v) is 6.67. The average Bonchev–Trinajstić information content (AvgIpc) is 3.11. The van der Waals surface area contributed by atoms with Crippen LogP contribution in [0.4, 0.5) is 5.69 Å². The smallest absolute Gasteiger partial charge is 0.265 e. The van der Waals surface area contributed by atoms with Crippen molar-refractivity contribution in [2.75, 3.05) is 24.5 Å². The van der Waals surface area contributed by atoms with E-state index in [-0.39, 0.29) is 17.2 Å². The van der Waals surface area contributed by atoms with E-state index in [1.807, 2.05) is 47.1 Å². The molecule has 2 aromatic rings. The van der Waals surface area contributed by atoms with E-state index in [2.05, 4.69) is 4.98 Å². The summed E-state index contributed by atoms with van der Waals surface area (Å²) in [5.74, 6) is 0.291. The summed E-state index contributed by atoms with van der Waals surface area (Å²) < 4.78 is 0. The second kappa shape index (κ2) is 6.83. The molecule has 2 saturated heterocycles. The number of aromatic nitrogens is 1. The molecule has 0 atom stereocenters. The first-order chi connectivity index (χ1) is 12.6. The first-order valence-corrected chi connectivity index (χ1v) is 10.1. The predicted octanol–water partition coefficient (Wildman–Crippen LogP) is 3.50. The van der Waals surface area contributed by atoms with Crippen molar-refractivity contribution < 1.29 is 9.59 Å². The number of likely N-dealkylation sites (tertiary alicyclic amines) is 1.